The van der Waals surface area contributed by atoms with E-state index in [1.54, 1.807) is 7.11 Å². The maximum Gasteiger partial charge on any atom is 0.0493 e. The number of methoxy groups -OCH3 is 1. The molecule has 0 N–H and O–H groups in total. The van der Waals surface area contributed by atoms with E-state index in [2.05, 4.69) is 20.8 Å². The highest BCUT2D eigenvalue weighted by atomic mass is 35.5. The van der Waals surface area contributed by atoms with Gasteiger partial charge in [0.2, 0.25) is 0 Å². The van der Waals surface area contributed by atoms with Crippen LogP contribution in [0, 0.1) is 11.3 Å². The van der Waals surface area contributed by atoms with E-state index < -0.39 is 0 Å². The van der Waals surface area contributed by atoms with Gasteiger partial charge in [-0.1, -0.05) is 20.8 Å². The van der Waals surface area contributed by atoms with Crippen molar-refractivity contribution in [1.29, 1.82) is 0 Å². The Morgan fingerprint density at radius 2 is 2.00 bits per heavy atom. The van der Waals surface area contributed by atoms with E-state index in [-0.39, 0.29) is 5.41 Å². The molecule has 0 saturated heterocycles. The molecule has 2 heteroatoms. The van der Waals surface area contributed by atoms with Gasteiger partial charge in [0.25, 0.3) is 0 Å². The molecule has 0 aliphatic carbocycles. The Balaban J connectivity index is 3.78. The molecule has 0 aromatic heterocycles. The van der Waals surface area contributed by atoms with Crippen molar-refractivity contribution in [3.63, 3.8) is 0 Å². The Bertz CT molecular complexity index is 91.3. The van der Waals surface area contributed by atoms with Crippen LogP contribution in [0.1, 0.15) is 20.8 Å². The number of rotatable bonds is 4. The summed E-state index contributed by atoms with van der Waals surface area (Å²) >= 11 is 5.77. The van der Waals surface area contributed by atoms with Crippen LogP contribution >= 0.6 is 11.6 Å². The summed E-state index contributed by atoms with van der Waals surface area (Å²) in [6.07, 6.45) is 0. The molecule has 62 valence electrons. The van der Waals surface area contributed by atoms with Crippen LogP contribution in [0.2, 0.25) is 0 Å². The van der Waals surface area contributed by atoms with E-state index in [1.807, 2.05) is 0 Å². The van der Waals surface area contributed by atoms with Crippen LogP contribution in [0.3, 0.4) is 0 Å². The zero-order valence-corrected chi connectivity index (χ0v) is 8.03. The molecule has 1 atom stereocenters. The summed E-state index contributed by atoms with van der Waals surface area (Å²) in [5.74, 6) is 1.22. The van der Waals surface area contributed by atoms with Gasteiger partial charge >= 0.3 is 0 Å². The van der Waals surface area contributed by atoms with Gasteiger partial charge in [0.05, 0.1) is 0 Å². The third-order valence-electron chi connectivity index (χ3n) is 2.10. The molecule has 0 aromatic carbocycles. The van der Waals surface area contributed by atoms with E-state index in [9.17, 15) is 0 Å². The van der Waals surface area contributed by atoms with Crippen molar-refractivity contribution in [2.24, 2.45) is 11.3 Å². The fraction of sp³-hybridized carbons (Fsp3) is 1.00. The lowest BCUT2D eigenvalue weighted by Gasteiger charge is -2.28. The highest BCUT2D eigenvalue weighted by molar-refractivity contribution is 6.18. The number of alkyl halides is 1. The van der Waals surface area contributed by atoms with Crippen molar-refractivity contribution < 1.29 is 4.74 Å². The molecule has 0 radical (unpaired) electrons. The molecule has 0 spiro atoms. The van der Waals surface area contributed by atoms with Crippen LogP contribution in [0.5, 0.6) is 0 Å². The molecule has 0 heterocycles. The molecule has 1 nitrogen and oxygen atoms in total. The Morgan fingerprint density at radius 1 is 1.50 bits per heavy atom. The van der Waals surface area contributed by atoms with Gasteiger partial charge in [0.15, 0.2) is 0 Å². The fourth-order valence-corrected chi connectivity index (χ4v) is 0.871. The lowest BCUT2D eigenvalue weighted by Crippen LogP contribution is -2.26. The number of hydrogen-bond donors (Lipinski definition) is 0. The fourth-order valence-electron chi connectivity index (χ4n) is 0.607. The minimum absolute atomic E-state index is 0.192. The first-order valence-corrected chi connectivity index (χ1v) is 4.13. The van der Waals surface area contributed by atoms with Gasteiger partial charge in [0.1, 0.15) is 0 Å². The monoisotopic (exact) mass is 164 g/mol. The highest BCUT2D eigenvalue weighted by Gasteiger charge is 2.24. The molecule has 0 bridgehead atoms. The molecule has 0 saturated carbocycles. The van der Waals surface area contributed by atoms with E-state index in [0.717, 1.165) is 6.61 Å². The van der Waals surface area contributed by atoms with Gasteiger partial charge in [-0.3, -0.25) is 0 Å². The van der Waals surface area contributed by atoms with Crippen LogP contribution in [-0.4, -0.2) is 19.6 Å². The van der Waals surface area contributed by atoms with Crippen LogP contribution in [-0.2, 0) is 4.74 Å². The van der Waals surface area contributed by atoms with Gasteiger partial charge < -0.3 is 4.74 Å². The third-order valence-corrected chi connectivity index (χ3v) is 2.78. The lowest BCUT2D eigenvalue weighted by molar-refractivity contribution is 0.103. The first kappa shape index (κ1) is 10.2. The summed E-state index contributed by atoms with van der Waals surface area (Å²) in [6.45, 7) is 7.26. The Labute approximate surface area is 68.7 Å². The molecule has 0 aliphatic rings. The quantitative estimate of drug-likeness (QED) is 0.581. The predicted octanol–water partition coefficient (Wildman–Crippen LogP) is 2.53. The summed E-state index contributed by atoms with van der Waals surface area (Å²) < 4.78 is 5.03. The van der Waals surface area contributed by atoms with Crippen molar-refractivity contribution in [2.75, 3.05) is 19.6 Å². The van der Waals surface area contributed by atoms with Crippen molar-refractivity contribution in [1.82, 2.24) is 0 Å². The topological polar surface area (TPSA) is 9.23 Å². The average molecular weight is 165 g/mol. The number of ether oxygens (including phenoxy) is 1. The Kier molecular flexibility index (Phi) is 4.30. The van der Waals surface area contributed by atoms with Crippen LogP contribution in [0.25, 0.3) is 0 Å². The second-order valence-corrected chi connectivity index (χ2v) is 3.75. The molecule has 0 aliphatic heterocycles. The van der Waals surface area contributed by atoms with Crippen molar-refractivity contribution >= 4 is 11.6 Å². The Morgan fingerprint density at radius 3 is 2.30 bits per heavy atom. The molecule has 0 rings (SSSR count). The van der Waals surface area contributed by atoms with Gasteiger partial charge in [-0.25, -0.2) is 0 Å². The first-order valence-electron chi connectivity index (χ1n) is 3.59. The molecule has 1 unspecified atom stereocenters. The van der Waals surface area contributed by atoms with Crippen molar-refractivity contribution in [2.45, 2.75) is 20.8 Å². The zero-order valence-electron chi connectivity index (χ0n) is 7.28. The molecule has 10 heavy (non-hydrogen) atoms. The first-order chi connectivity index (χ1) is 4.54. The summed E-state index contributed by atoms with van der Waals surface area (Å²) in [4.78, 5) is 0. The standard InChI is InChI=1S/C8H17ClO/c1-7(5-10-4)8(2,3)6-9/h7H,5-6H2,1-4H3. The van der Waals surface area contributed by atoms with Gasteiger partial charge in [-0.2, -0.15) is 0 Å². The van der Waals surface area contributed by atoms with Crippen molar-refractivity contribution in [3.8, 4) is 0 Å². The molecule has 0 aromatic rings. The maximum atomic E-state index is 5.77. The molecule has 0 amide bonds. The summed E-state index contributed by atoms with van der Waals surface area (Å²) in [5.41, 5.74) is 0.192. The van der Waals surface area contributed by atoms with Crippen LogP contribution in [0.4, 0.5) is 0 Å². The van der Waals surface area contributed by atoms with Crippen LogP contribution in [0.15, 0.2) is 0 Å². The summed E-state index contributed by atoms with van der Waals surface area (Å²) in [5, 5.41) is 0. The van der Waals surface area contributed by atoms with Crippen LogP contribution < -0.4 is 0 Å². The smallest absolute Gasteiger partial charge is 0.0493 e. The van der Waals surface area contributed by atoms with E-state index in [0.29, 0.717) is 11.8 Å². The minimum atomic E-state index is 0.192. The predicted molar refractivity (Wildman–Crippen MR) is 45.5 cm³/mol. The largest absolute Gasteiger partial charge is 0.384 e. The van der Waals surface area contributed by atoms with Crippen molar-refractivity contribution in [3.05, 3.63) is 0 Å². The minimum Gasteiger partial charge on any atom is -0.384 e. The van der Waals surface area contributed by atoms with E-state index in [4.69, 9.17) is 16.3 Å². The molecule has 0 fully saturated rings. The lowest BCUT2D eigenvalue weighted by atomic mass is 9.82. The van der Waals surface area contributed by atoms with Gasteiger partial charge in [0, 0.05) is 19.6 Å². The molecular weight excluding hydrogens is 148 g/mol. The summed E-state index contributed by atoms with van der Waals surface area (Å²) in [6, 6.07) is 0. The highest BCUT2D eigenvalue weighted by Crippen LogP contribution is 2.27. The Hall–Kier alpha value is 0.250. The van der Waals surface area contributed by atoms with E-state index >= 15 is 0 Å². The zero-order chi connectivity index (χ0) is 8.20. The second kappa shape index (κ2) is 4.20. The van der Waals surface area contributed by atoms with Gasteiger partial charge in [-0.05, 0) is 11.3 Å². The van der Waals surface area contributed by atoms with Gasteiger partial charge in [-0.15, -0.1) is 11.6 Å². The molecular formula is C8H17ClO. The second-order valence-electron chi connectivity index (χ2n) is 3.48. The number of hydrogen-bond acceptors (Lipinski definition) is 1. The average Bonchev–Trinajstić information content (AvgIpc) is 1.89. The third kappa shape index (κ3) is 2.89. The summed E-state index contributed by atoms with van der Waals surface area (Å²) in [7, 11) is 1.72. The normalized spacial score (nSPS) is 15.3. The SMILES string of the molecule is COCC(C)C(C)(C)CCl. The maximum absolute atomic E-state index is 5.77. The van der Waals surface area contributed by atoms with E-state index in [1.165, 1.54) is 0 Å². The number of halogens is 1.